The van der Waals surface area contributed by atoms with Crippen LogP contribution in [0.25, 0.3) is 0 Å². The van der Waals surface area contributed by atoms with Gasteiger partial charge in [-0.25, -0.2) is 12.7 Å². The molecular weight excluding hydrogens is 436 g/mol. The summed E-state index contributed by atoms with van der Waals surface area (Å²) < 4.78 is 41.8. The molecule has 9 nitrogen and oxygen atoms in total. The number of nitrogens with zero attached hydrogens (tertiary/aromatic N) is 1. The second-order valence-electron chi connectivity index (χ2n) is 6.96. The monoisotopic (exact) mass is 464 g/mol. The maximum absolute atomic E-state index is 13.0. The van der Waals surface area contributed by atoms with Crippen LogP contribution in [0.3, 0.4) is 0 Å². The molecule has 2 aromatic carbocycles. The van der Waals surface area contributed by atoms with Gasteiger partial charge in [0, 0.05) is 19.7 Å². The van der Waals surface area contributed by atoms with Crippen LogP contribution in [-0.2, 0) is 19.6 Å². The van der Waals surface area contributed by atoms with E-state index in [1.165, 1.54) is 46.5 Å². The summed E-state index contributed by atoms with van der Waals surface area (Å²) in [7, 11) is 1.79. The molecule has 32 heavy (non-hydrogen) atoms. The van der Waals surface area contributed by atoms with Gasteiger partial charge in [0.2, 0.25) is 10.0 Å². The Balaban J connectivity index is 2.41. The zero-order valence-corrected chi connectivity index (χ0v) is 19.6. The molecule has 0 aliphatic heterocycles. The summed E-state index contributed by atoms with van der Waals surface area (Å²) in [4.78, 5) is 25.0. The molecule has 0 aromatic heterocycles. The lowest BCUT2D eigenvalue weighted by molar-refractivity contribution is -0.143. The van der Waals surface area contributed by atoms with Crippen molar-refractivity contribution in [1.82, 2.24) is 9.62 Å². The van der Waals surface area contributed by atoms with Crippen LogP contribution in [-0.4, -0.2) is 59.5 Å². The van der Waals surface area contributed by atoms with Gasteiger partial charge in [0.1, 0.15) is 16.4 Å². The highest BCUT2D eigenvalue weighted by Gasteiger charge is 2.25. The Bertz CT molecular complexity index is 1070. The second kappa shape index (κ2) is 11.0. The molecule has 2 aromatic rings. The van der Waals surface area contributed by atoms with Crippen LogP contribution in [0.5, 0.6) is 11.5 Å². The molecular formula is C22H28N2O7S. The van der Waals surface area contributed by atoms with Gasteiger partial charge in [-0.05, 0) is 42.8 Å². The van der Waals surface area contributed by atoms with E-state index in [0.717, 1.165) is 4.31 Å². The maximum Gasteiger partial charge on any atom is 0.308 e. The summed E-state index contributed by atoms with van der Waals surface area (Å²) in [5.74, 6) is -0.355. The molecule has 1 amide bonds. The second-order valence-corrected chi connectivity index (χ2v) is 9.09. The van der Waals surface area contributed by atoms with Gasteiger partial charge in [0.05, 0.1) is 33.3 Å². The lowest BCUT2D eigenvalue weighted by atomic mass is 10.0. The quantitative estimate of drug-likeness (QED) is 0.538. The van der Waals surface area contributed by atoms with Crippen molar-refractivity contribution in [3.8, 4) is 11.5 Å². The molecule has 1 atom stereocenters. The van der Waals surface area contributed by atoms with E-state index in [9.17, 15) is 18.0 Å². The zero-order valence-electron chi connectivity index (χ0n) is 18.7. The van der Waals surface area contributed by atoms with Gasteiger partial charge in [0.15, 0.2) is 0 Å². The maximum atomic E-state index is 13.0. The van der Waals surface area contributed by atoms with Crippen LogP contribution >= 0.6 is 0 Å². The number of methoxy groups -OCH3 is 2. The predicted octanol–water partition coefficient (Wildman–Crippen LogP) is 2.38. The Morgan fingerprint density at radius 2 is 1.78 bits per heavy atom. The number of ether oxygens (including phenoxy) is 3. The Morgan fingerprint density at radius 1 is 1.06 bits per heavy atom. The largest absolute Gasteiger partial charge is 0.497 e. The van der Waals surface area contributed by atoms with Crippen molar-refractivity contribution in [2.75, 3.05) is 34.9 Å². The normalized spacial score (nSPS) is 12.2. The average Bonchev–Trinajstić information content (AvgIpc) is 2.78. The topological polar surface area (TPSA) is 111 Å². The molecule has 0 spiro atoms. The summed E-state index contributed by atoms with van der Waals surface area (Å²) in [6, 6.07) is 10.3. The summed E-state index contributed by atoms with van der Waals surface area (Å²) in [6.07, 6.45) is -0.105. The summed E-state index contributed by atoms with van der Waals surface area (Å²) in [6.45, 7) is 1.91. The summed E-state index contributed by atoms with van der Waals surface area (Å²) >= 11 is 0. The van der Waals surface area contributed by atoms with E-state index < -0.39 is 27.9 Å². The minimum atomic E-state index is -3.85. The SMILES string of the molecule is CCOC(=O)CC(NC(=O)c1ccc(OC)c(S(=O)(=O)N(C)C)c1)c1cccc(OC)c1. The van der Waals surface area contributed by atoms with Crippen LogP contribution in [0.4, 0.5) is 0 Å². The van der Waals surface area contributed by atoms with Crippen molar-refractivity contribution in [2.45, 2.75) is 24.3 Å². The lowest BCUT2D eigenvalue weighted by Gasteiger charge is -2.20. The van der Waals surface area contributed by atoms with Crippen LogP contribution in [0, 0.1) is 0 Å². The highest BCUT2D eigenvalue weighted by Crippen LogP contribution is 2.28. The minimum absolute atomic E-state index is 0.1000. The van der Waals surface area contributed by atoms with Gasteiger partial charge in [0.25, 0.3) is 5.91 Å². The third-order valence-corrected chi connectivity index (χ3v) is 6.50. The van der Waals surface area contributed by atoms with Crippen molar-refractivity contribution >= 4 is 21.9 Å². The fourth-order valence-corrected chi connectivity index (χ4v) is 4.03. The molecule has 2 rings (SSSR count). The van der Waals surface area contributed by atoms with Gasteiger partial charge >= 0.3 is 5.97 Å². The molecule has 0 aliphatic carbocycles. The lowest BCUT2D eigenvalue weighted by Crippen LogP contribution is -2.31. The van der Waals surface area contributed by atoms with Crippen molar-refractivity contribution in [3.63, 3.8) is 0 Å². The smallest absolute Gasteiger partial charge is 0.308 e. The number of carbonyl (C=O) groups is 2. The van der Waals surface area contributed by atoms with Crippen LogP contribution in [0.2, 0.25) is 0 Å². The molecule has 0 saturated heterocycles. The summed E-state index contributed by atoms with van der Waals surface area (Å²) in [5, 5.41) is 2.79. The third kappa shape index (κ3) is 5.98. The van der Waals surface area contributed by atoms with Crippen LogP contribution in [0.1, 0.15) is 35.3 Å². The molecule has 0 aliphatic rings. The van der Waals surface area contributed by atoms with Crippen molar-refractivity contribution in [2.24, 2.45) is 0 Å². The Hall–Kier alpha value is -3.11. The van der Waals surface area contributed by atoms with E-state index in [0.29, 0.717) is 11.3 Å². The number of rotatable bonds is 10. The number of benzene rings is 2. The van der Waals surface area contributed by atoms with E-state index in [1.54, 1.807) is 31.2 Å². The zero-order chi connectivity index (χ0) is 23.9. The number of amides is 1. The molecule has 0 saturated carbocycles. The van der Waals surface area contributed by atoms with E-state index in [-0.39, 0.29) is 29.2 Å². The number of hydrogen-bond acceptors (Lipinski definition) is 7. The number of sulfonamides is 1. The van der Waals surface area contributed by atoms with Crippen LogP contribution in [0.15, 0.2) is 47.4 Å². The van der Waals surface area contributed by atoms with E-state index in [2.05, 4.69) is 5.32 Å². The van der Waals surface area contributed by atoms with Crippen LogP contribution < -0.4 is 14.8 Å². The third-order valence-electron chi connectivity index (χ3n) is 4.66. The molecule has 1 unspecified atom stereocenters. The molecule has 0 fully saturated rings. The predicted molar refractivity (Wildman–Crippen MR) is 118 cm³/mol. The summed E-state index contributed by atoms with van der Waals surface area (Å²) in [5.41, 5.74) is 0.739. The van der Waals surface area contributed by atoms with Gasteiger partial charge in [-0.1, -0.05) is 12.1 Å². The molecule has 10 heteroatoms. The number of nitrogens with one attached hydrogen (secondary N) is 1. The fourth-order valence-electron chi connectivity index (χ4n) is 2.95. The first kappa shape index (κ1) is 25.2. The van der Waals surface area contributed by atoms with Crippen molar-refractivity contribution in [1.29, 1.82) is 0 Å². The Kier molecular flexibility index (Phi) is 8.62. The molecule has 174 valence electrons. The fraction of sp³-hybridized carbons (Fsp3) is 0.364. The number of hydrogen-bond donors (Lipinski definition) is 1. The van der Waals surface area contributed by atoms with E-state index in [1.807, 2.05) is 0 Å². The standard InChI is InChI=1S/C22H28N2O7S/c1-6-31-21(25)14-18(15-8-7-9-17(12-15)29-4)23-22(26)16-10-11-19(30-5)20(13-16)32(27,28)24(2)3/h7-13,18H,6,14H2,1-5H3,(H,23,26). The Labute approximate surface area is 188 Å². The van der Waals surface area contributed by atoms with Crippen molar-refractivity contribution < 1.29 is 32.2 Å². The van der Waals surface area contributed by atoms with Gasteiger partial charge < -0.3 is 19.5 Å². The van der Waals surface area contributed by atoms with E-state index in [4.69, 9.17) is 14.2 Å². The minimum Gasteiger partial charge on any atom is -0.497 e. The highest BCUT2D eigenvalue weighted by atomic mass is 32.2. The Morgan fingerprint density at radius 3 is 2.38 bits per heavy atom. The number of esters is 1. The molecule has 0 radical (unpaired) electrons. The first-order valence-corrected chi connectivity index (χ1v) is 11.3. The molecule has 1 N–H and O–H groups in total. The van der Waals surface area contributed by atoms with Crippen molar-refractivity contribution in [3.05, 3.63) is 53.6 Å². The molecule has 0 heterocycles. The number of carbonyl (C=O) groups excluding carboxylic acids is 2. The highest BCUT2D eigenvalue weighted by molar-refractivity contribution is 7.89. The van der Waals surface area contributed by atoms with Gasteiger partial charge in [-0.15, -0.1) is 0 Å². The van der Waals surface area contributed by atoms with Gasteiger partial charge in [-0.3, -0.25) is 9.59 Å². The molecule has 0 bridgehead atoms. The first-order chi connectivity index (χ1) is 15.1. The van der Waals surface area contributed by atoms with Gasteiger partial charge in [-0.2, -0.15) is 0 Å². The average molecular weight is 465 g/mol. The first-order valence-electron chi connectivity index (χ1n) is 9.85. The van der Waals surface area contributed by atoms with E-state index >= 15 is 0 Å².